The summed E-state index contributed by atoms with van der Waals surface area (Å²) in [4.78, 5) is 9.54. The quantitative estimate of drug-likeness (QED) is 0.428. The summed E-state index contributed by atoms with van der Waals surface area (Å²) in [5.41, 5.74) is 11.0. The van der Waals surface area contributed by atoms with Crippen molar-refractivity contribution in [2.24, 2.45) is 11.5 Å². The fourth-order valence-corrected chi connectivity index (χ4v) is 0.719. The van der Waals surface area contributed by atoms with Crippen molar-refractivity contribution in [3.63, 3.8) is 0 Å². The lowest BCUT2D eigenvalue weighted by atomic mass is 10.1. The molecule has 4 N–H and O–H groups in total. The van der Waals surface area contributed by atoms with Crippen LogP contribution in [-0.2, 0) is 0 Å². The van der Waals surface area contributed by atoms with E-state index in [-0.39, 0.29) is 23.6 Å². The van der Waals surface area contributed by atoms with Crippen LogP contribution in [-0.4, -0.2) is 23.6 Å². The highest BCUT2D eigenvalue weighted by Gasteiger charge is 2.08. The first-order valence-electron chi connectivity index (χ1n) is 3.67. The Morgan fingerprint density at radius 2 is 2.09 bits per heavy atom. The molecule has 0 aliphatic heterocycles. The topological polar surface area (TPSA) is 95.2 Å². The smallest absolute Gasteiger partial charge is 0.203 e. The summed E-state index contributed by atoms with van der Waals surface area (Å²) in [5.74, 6) is 0. The van der Waals surface area contributed by atoms with Crippen LogP contribution in [0.4, 0.5) is 0 Å². The van der Waals surface area contributed by atoms with Gasteiger partial charge >= 0.3 is 0 Å². The molecule has 11 heavy (non-hydrogen) atoms. The van der Waals surface area contributed by atoms with Gasteiger partial charge in [0.25, 0.3) is 0 Å². The number of hydrogen-bond donors (Lipinski definition) is 2. The van der Waals surface area contributed by atoms with Gasteiger partial charge in [0.05, 0.1) is 0 Å². The monoisotopic (exact) mass is 161 g/mol. The maximum atomic E-state index is 9.88. The molecule has 0 bridgehead atoms. The van der Waals surface area contributed by atoms with E-state index in [1.807, 2.05) is 0 Å². The Hall–Kier alpha value is -0.680. The fraction of sp³-hybridized carbons (Fsp3) is 1.00. The van der Waals surface area contributed by atoms with E-state index in [2.05, 4.69) is 0 Å². The molecule has 0 spiro atoms. The third-order valence-corrected chi connectivity index (χ3v) is 1.55. The normalized spacial score (nSPS) is 15.9. The minimum atomic E-state index is -0.339. The Morgan fingerprint density at radius 3 is 2.45 bits per heavy atom. The summed E-state index contributed by atoms with van der Waals surface area (Å²) >= 11 is 0. The van der Waals surface area contributed by atoms with E-state index >= 15 is 0 Å². The summed E-state index contributed by atoms with van der Waals surface area (Å²) in [6.07, 6.45) is 1.13. The van der Waals surface area contributed by atoms with Crippen molar-refractivity contribution in [1.82, 2.24) is 0 Å². The second-order valence-electron chi connectivity index (χ2n) is 2.72. The maximum Gasteiger partial charge on any atom is 0.203 e. The van der Waals surface area contributed by atoms with E-state index in [1.165, 1.54) is 0 Å². The standard InChI is InChI=1S/C6H15N3O2/c1-5(7)6(8)3-2-4-9(10)11/h5-6H,2-4,7-8H2,1H3. The molecule has 0 rings (SSSR count). The van der Waals surface area contributed by atoms with Crippen molar-refractivity contribution >= 4 is 0 Å². The molecule has 0 fully saturated rings. The molecule has 2 atom stereocenters. The summed E-state index contributed by atoms with van der Waals surface area (Å²) in [6.45, 7) is 1.79. The first-order chi connectivity index (χ1) is 5.04. The fourth-order valence-electron chi connectivity index (χ4n) is 0.719. The maximum absolute atomic E-state index is 9.88. The largest absolute Gasteiger partial charge is 0.327 e. The second kappa shape index (κ2) is 5.03. The van der Waals surface area contributed by atoms with Gasteiger partial charge < -0.3 is 11.5 Å². The first kappa shape index (κ1) is 10.3. The SMILES string of the molecule is CC(N)C(N)CCC[N+](=O)[O-]. The van der Waals surface area contributed by atoms with Crippen LogP contribution in [0.1, 0.15) is 19.8 Å². The highest BCUT2D eigenvalue weighted by Crippen LogP contribution is 1.97. The number of nitro groups is 1. The average Bonchev–Trinajstić information content (AvgIpc) is 1.86. The predicted octanol–water partition coefficient (Wildman–Crippen LogP) is -0.282. The molecule has 5 heteroatoms. The molecule has 0 aliphatic carbocycles. The van der Waals surface area contributed by atoms with Gasteiger partial charge in [-0.15, -0.1) is 0 Å². The van der Waals surface area contributed by atoms with E-state index in [4.69, 9.17) is 11.5 Å². The zero-order valence-electron chi connectivity index (χ0n) is 6.69. The van der Waals surface area contributed by atoms with Gasteiger partial charge in [0.15, 0.2) is 0 Å². The Balaban J connectivity index is 3.31. The molecule has 5 nitrogen and oxygen atoms in total. The molecule has 66 valence electrons. The number of nitrogens with two attached hydrogens (primary N) is 2. The van der Waals surface area contributed by atoms with E-state index in [0.29, 0.717) is 12.8 Å². The van der Waals surface area contributed by atoms with Gasteiger partial charge in [0.2, 0.25) is 6.54 Å². The van der Waals surface area contributed by atoms with Crippen LogP contribution >= 0.6 is 0 Å². The number of nitrogens with zero attached hydrogens (tertiary/aromatic N) is 1. The summed E-state index contributed by atoms with van der Waals surface area (Å²) in [7, 11) is 0. The van der Waals surface area contributed by atoms with Crippen molar-refractivity contribution in [1.29, 1.82) is 0 Å². The molecule has 0 radical (unpaired) electrons. The number of hydrogen-bond acceptors (Lipinski definition) is 4. The van der Waals surface area contributed by atoms with Crippen molar-refractivity contribution in [3.8, 4) is 0 Å². The highest BCUT2D eigenvalue weighted by molar-refractivity contribution is 4.70. The van der Waals surface area contributed by atoms with Gasteiger partial charge in [-0.2, -0.15) is 0 Å². The molecule has 0 aliphatic rings. The van der Waals surface area contributed by atoms with Crippen molar-refractivity contribution in [3.05, 3.63) is 10.1 Å². The Morgan fingerprint density at radius 1 is 1.55 bits per heavy atom. The van der Waals surface area contributed by atoms with Crippen molar-refractivity contribution in [2.75, 3.05) is 6.54 Å². The van der Waals surface area contributed by atoms with Crippen LogP contribution in [0.15, 0.2) is 0 Å². The van der Waals surface area contributed by atoms with Gasteiger partial charge in [0, 0.05) is 23.4 Å². The minimum Gasteiger partial charge on any atom is -0.327 e. The van der Waals surface area contributed by atoms with Gasteiger partial charge in [-0.3, -0.25) is 10.1 Å². The molecule has 2 unspecified atom stereocenters. The van der Waals surface area contributed by atoms with Crippen LogP contribution in [0.3, 0.4) is 0 Å². The number of rotatable bonds is 5. The van der Waals surface area contributed by atoms with Crippen molar-refractivity contribution < 1.29 is 4.92 Å². The molecule has 0 saturated carbocycles. The molecular weight excluding hydrogens is 146 g/mol. The third-order valence-electron chi connectivity index (χ3n) is 1.55. The average molecular weight is 161 g/mol. The summed E-state index contributed by atoms with van der Waals surface area (Å²) in [6, 6.07) is -0.197. The zero-order chi connectivity index (χ0) is 8.85. The molecular formula is C6H15N3O2. The first-order valence-corrected chi connectivity index (χ1v) is 3.67. The lowest BCUT2D eigenvalue weighted by Gasteiger charge is -2.13. The van der Waals surface area contributed by atoms with Gasteiger partial charge in [-0.25, -0.2) is 0 Å². The van der Waals surface area contributed by atoms with Crippen molar-refractivity contribution in [2.45, 2.75) is 31.8 Å². The zero-order valence-corrected chi connectivity index (χ0v) is 6.69. The Bertz CT molecular complexity index is 127. The van der Waals surface area contributed by atoms with Crippen LogP contribution in [0.25, 0.3) is 0 Å². The molecule has 0 amide bonds. The van der Waals surface area contributed by atoms with Gasteiger partial charge in [-0.05, 0) is 13.3 Å². The van der Waals surface area contributed by atoms with E-state index in [9.17, 15) is 10.1 Å². The minimum absolute atomic E-state index is 0.0135. The van der Waals surface area contributed by atoms with E-state index in [1.54, 1.807) is 6.92 Å². The molecule has 0 heterocycles. The molecule has 0 aromatic rings. The Labute approximate surface area is 65.9 Å². The van der Waals surface area contributed by atoms with Crippen LogP contribution < -0.4 is 11.5 Å². The molecule has 0 saturated heterocycles. The predicted molar refractivity (Wildman–Crippen MR) is 42.7 cm³/mol. The summed E-state index contributed by atoms with van der Waals surface area (Å²) < 4.78 is 0. The van der Waals surface area contributed by atoms with E-state index in [0.717, 1.165) is 0 Å². The molecule has 0 aromatic carbocycles. The highest BCUT2D eigenvalue weighted by atomic mass is 16.6. The Kier molecular flexibility index (Phi) is 4.72. The third kappa shape index (κ3) is 5.75. The van der Waals surface area contributed by atoms with E-state index < -0.39 is 0 Å². The van der Waals surface area contributed by atoms with Crippen LogP contribution in [0, 0.1) is 10.1 Å². The van der Waals surface area contributed by atoms with Gasteiger partial charge in [-0.1, -0.05) is 0 Å². The van der Waals surface area contributed by atoms with Crippen LogP contribution in [0.5, 0.6) is 0 Å². The molecule has 0 aromatic heterocycles. The lowest BCUT2D eigenvalue weighted by molar-refractivity contribution is -0.480. The van der Waals surface area contributed by atoms with Crippen LogP contribution in [0.2, 0.25) is 0 Å². The lowest BCUT2D eigenvalue weighted by Crippen LogP contribution is -2.39. The summed E-state index contributed by atoms with van der Waals surface area (Å²) in [5, 5.41) is 9.88. The van der Waals surface area contributed by atoms with Gasteiger partial charge in [0.1, 0.15) is 0 Å². The second-order valence-corrected chi connectivity index (χ2v) is 2.72.